The molecule has 0 bridgehead atoms. The van der Waals surface area contributed by atoms with E-state index >= 15 is 0 Å². The molecule has 0 saturated heterocycles. The highest BCUT2D eigenvalue weighted by Gasteiger charge is 2.24. The predicted octanol–water partition coefficient (Wildman–Crippen LogP) is 6.14. The number of hydrogen-bond acceptors (Lipinski definition) is 5. The minimum atomic E-state index is -3.75. The minimum Gasteiger partial charge on any atom is -0.497 e. The van der Waals surface area contributed by atoms with Crippen LogP contribution < -0.4 is 14.4 Å². The second kappa shape index (κ2) is 9.54. The Morgan fingerprint density at radius 3 is 2.36 bits per heavy atom. The maximum Gasteiger partial charge on any atom is 0.265 e. The molecule has 33 heavy (non-hydrogen) atoms. The third-order valence-corrected chi connectivity index (χ3v) is 8.61. The lowest BCUT2D eigenvalue weighted by Crippen LogP contribution is -2.30. The van der Waals surface area contributed by atoms with Crippen molar-refractivity contribution in [3.8, 4) is 5.75 Å². The fourth-order valence-corrected chi connectivity index (χ4v) is 6.06. The van der Waals surface area contributed by atoms with Gasteiger partial charge in [-0.3, -0.25) is 9.10 Å². The molecule has 1 amide bonds. The molecule has 3 aromatic carbocycles. The van der Waals surface area contributed by atoms with Gasteiger partial charge in [-0.2, -0.15) is 0 Å². The molecule has 0 aliphatic carbocycles. The zero-order chi connectivity index (χ0) is 23.6. The van der Waals surface area contributed by atoms with Crippen molar-refractivity contribution in [3.05, 3.63) is 82.1 Å². The van der Waals surface area contributed by atoms with Crippen LogP contribution in [0.25, 0.3) is 10.1 Å². The SMILES string of the molecule is CCN(c1ccc2sc(C(=O)Nc3ccc(Br)cc3)cc2c1)S(=O)(=O)c1ccc(OC)cc1. The van der Waals surface area contributed by atoms with Crippen LogP contribution in [-0.2, 0) is 10.0 Å². The zero-order valence-corrected chi connectivity index (χ0v) is 21.1. The van der Waals surface area contributed by atoms with Crippen molar-refractivity contribution >= 4 is 64.7 Å². The number of rotatable bonds is 7. The molecule has 1 aromatic heterocycles. The first-order valence-corrected chi connectivity index (χ1v) is 13.1. The number of benzene rings is 3. The summed E-state index contributed by atoms with van der Waals surface area (Å²) in [5, 5.41) is 3.69. The first-order valence-electron chi connectivity index (χ1n) is 10.1. The van der Waals surface area contributed by atoms with Crippen molar-refractivity contribution in [2.24, 2.45) is 0 Å². The lowest BCUT2D eigenvalue weighted by molar-refractivity contribution is 0.103. The van der Waals surface area contributed by atoms with Gasteiger partial charge in [-0.1, -0.05) is 15.9 Å². The molecule has 4 aromatic rings. The molecule has 0 aliphatic rings. The van der Waals surface area contributed by atoms with Gasteiger partial charge in [-0.25, -0.2) is 8.42 Å². The predicted molar refractivity (Wildman–Crippen MR) is 137 cm³/mol. The topological polar surface area (TPSA) is 75.7 Å². The third kappa shape index (κ3) is 4.90. The van der Waals surface area contributed by atoms with E-state index in [0.717, 1.165) is 14.6 Å². The van der Waals surface area contributed by atoms with E-state index in [9.17, 15) is 13.2 Å². The number of nitrogens with one attached hydrogen (secondary N) is 1. The molecule has 1 N–H and O–H groups in total. The van der Waals surface area contributed by atoms with Gasteiger partial charge in [0.05, 0.1) is 22.6 Å². The number of nitrogens with zero attached hydrogens (tertiary/aromatic N) is 1. The average molecular weight is 545 g/mol. The molecule has 1 heterocycles. The summed E-state index contributed by atoms with van der Waals surface area (Å²) >= 11 is 4.74. The van der Waals surface area contributed by atoms with Gasteiger partial charge in [-0.05, 0) is 85.1 Å². The van der Waals surface area contributed by atoms with Gasteiger partial charge in [0.25, 0.3) is 15.9 Å². The Balaban J connectivity index is 1.62. The highest BCUT2D eigenvalue weighted by Crippen LogP contribution is 2.32. The van der Waals surface area contributed by atoms with Crippen LogP contribution in [0.4, 0.5) is 11.4 Å². The van der Waals surface area contributed by atoms with E-state index in [1.807, 2.05) is 30.3 Å². The van der Waals surface area contributed by atoms with Crippen LogP contribution in [-0.4, -0.2) is 28.0 Å². The summed E-state index contributed by atoms with van der Waals surface area (Å²) in [4.78, 5) is 13.4. The summed E-state index contributed by atoms with van der Waals surface area (Å²) in [7, 11) is -2.22. The number of anilines is 2. The molecule has 0 saturated carbocycles. The Morgan fingerprint density at radius 2 is 1.73 bits per heavy atom. The van der Waals surface area contributed by atoms with E-state index in [2.05, 4.69) is 21.2 Å². The van der Waals surface area contributed by atoms with Crippen molar-refractivity contribution in [3.63, 3.8) is 0 Å². The quantitative estimate of drug-likeness (QED) is 0.303. The van der Waals surface area contributed by atoms with E-state index in [0.29, 0.717) is 22.0 Å². The molecule has 0 radical (unpaired) electrons. The van der Waals surface area contributed by atoms with Gasteiger partial charge >= 0.3 is 0 Å². The molecular weight excluding hydrogens is 524 g/mol. The lowest BCUT2D eigenvalue weighted by Gasteiger charge is -2.23. The van der Waals surface area contributed by atoms with Crippen LogP contribution in [0.2, 0.25) is 0 Å². The number of fused-ring (bicyclic) bond motifs is 1. The second-order valence-electron chi connectivity index (χ2n) is 7.14. The molecule has 170 valence electrons. The van der Waals surface area contributed by atoms with Crippen LogP contribution in [0.5, 0.6) is 5.75 Å². The molecular formula is C24H21BrN2O4S2. The Morgan fingerprint density at radius 1 is 1.03 bits per heavy atom. The van der Waals surface area contributed by atoms with E-state index < -0.39 is 10.0 Å². The first-order chi connectivity index (χ1) is 15.8. The summed E-state index contributed by atoms with van der Waals surface area (Å²) in [5.41, 5.74) is 1.24. The maximum absolute atomic E-state index is 13.3. The average Bonchev–Trinajstić information content (AvgIpc) is 3.25. The van der Waals surface area contributed by atoms with Crippen LogP contribution in [0.1, 0.15) is 16.6 Å². The highest BCUT2D eigenvalue weighted by atomic mass is 79.9. The normalized spacial score (nSPS) is 11.4. The number of carbonyl (C=O) groups is 1. The summed E-state index contributed by atoms with van der Waals surface area (Å²) in [5.74, 6) is 0.379. The van der Waals surface area contributed by atoms with Crippen molar-refractivity contribution in [1.82, 2.24) is 0 Å². The van der Waals surface area contributed by atoms with Gasteiger partial charge in [0.1, 0.15) is 5.75 Å². The van der Waals surface area contributed by atoms with Crippen LogP contribution in [0, 0.1) is 0 Å². The van der Waals surface area contributed by atoms with Gasteiger partial charge in [0.15, 0.2) is 0 Å². The first kappa shape index (κ1) is 23.3. The maximum atomic E-state index is 13.3. The Kier molecular flexibility index (Phi) is 6.73. The number of thiophene rings is 1. The number of halogens is 1. The summed E-state index contributed by atoms with van der Waals surface area (Å²) in [6.45, 7) is 2.05. The molecule has 0 aliphatic heterocycles. The fourth-order valence-electron chi connectivity index (χ4n) is 3.39. The number of carbonyl (C=O) groups excluding carboxylic acids is 1. The van der Waals surface area contributed by atoms with Crippen LogP contribution in [0.3, 0.4) is 0 Å². The van der Waals surface area contributed by atoms with Gasteiger partial charge in [0, 0.05) is 21.4 Å². The van der Waals surface area contributed by atoms with Crippen molar-refractivity contribution in [2.45, 2.75) is 11.8 Å². The molecule has 0 spiro atoms. The smallest absolute Gasteiger partial charge is 0.265 e. The van der Waals surface area contributed by atoms with E-state index in [4.69, 9.17) is 4.74 Å². The van der Waals surface area contributed by atoms with Crippen molar-refractivity contribution < 1.29 is 17.9 Å². The number of amides is 1. The van der Waals surface area contributed by atoms with Crippen LogP contribution >= 0.6 is 27.3 Å². The number of ether oxygens (including phenoxy) is 1. The monoisotopic (exact) mass is 544 g/mol. The largest absolute Gasteiger partial charge is 0.497 e. The van der Waals surface area contributed by atoms with Crippen molar-refractivity contribution in [1.29, 1.82) is 0 Å². The minimum absolute atomic E-state index is 0.185. The van der Waals surface area contributed by atoms with E-state index in [-0.39, 0.29) is 17.3 Å². The number of methoxy groups -OCH3 is 1. The highest BCUT2D eigenvalue weighted by molar-refractivity contribution is 9.10. The van der Waals surface area contributed by atoms with Gasteiger partial charge < -0.3 is 10.1 Å². The standard InChI is InChI=1S/C24H21BrN2O4S2/c1-3-27(33(29,30)21-11-9-20(31-2)10-12-21)19-8-13-22-16(14-19)15-23(32-22)24(28)26-18-6-4-17(25)5-7-18/h4-15H,3H2,1-2H3,(H,26,28). The zero-order valence-electron chi connectivity index (χ0n) is 17.9. The Labute approximate surface area is 205 Å². The summed E-state index contributed by atoms with van der Waals surface area (Å²) in [6, 6.07) is 20.8. The van der Waals surface area contributed by atoms with Gasteiger partial charge in [-0.15, -0.1) is 11.3 Å². The van der Waals surface area contributed by atoms with E-state index in [1.54, 1.807) is 37.3 Å². The Bertz CT molecular complexity index is 1400. The molecule has 0 atom stereocenters. The second-order valence-corrected chi connectivity index (χ2v) is 11.0. The molecule has 9 heteroatoms. The van der Waals surface area contributed by atoms with Crippen LogP contribution in [0.15, 0.2) is 82.2 Å². The summed E-state index contributed by atoms with van der Waals surface area (Å²) in [6.07, 6.45) is 0. The Hall–Kier alpha value is -2.88. The van der Waals surface area contributed by atoms with Gasteiger partial charge in [0.2, 0.25) is 0 Å². The third-order valence-electron chi connectivity index (χ3n) is 5.05. The lowest BCUT2D eigenvalue weighted by atomic mass is 10.2. The molecule has 4 rings (SSSR count). The molecule has 0 fully saturated rings. The molecule has 6 nitrogen and oxygen atoms in total. The summed E-state index contributed by atoms with van der Waals surface area (Å²) < 4.78 is 34.8. The number of sulfonamides is 1. The molecule has 0 unspecified atom stereocenters. The number of hydrogen-bond donors (Lipinski definition) is 1. The van der Waals surface area contributed by atoms with Crippen molar-refractivity contribution in [2.75, 3.05) is 23.3 Å². The fraction of sp³-hybridized carbons (Fsp3) is 0.125. The van der Waals surface area contributed by atoms with E-state index in [1.165, 1.54) is 34.9 Å².